The van der Waals surface area contributed by atoms with Gasteiger partial charge in [0.2, 0.25) is 0 Å². The molecule has 0 atom stereocenters. The van der Waals surface area contributed by atoms with Gasteiger partial charge in [0, 0.05) is 45.0 Å². The summed E-state index contributed by atoms with van der Waals surface area (Å²) < 4.78 is 0. The molecule has 1 amide bonds. The molecule has 0 spiro atoms. The van der Waals surface area contributed by atoms with Crippen LogP contribution in [0, 0.1) is 0 Å². The highest BCUT2D eigenvalue weighted by atomic mass is 16.2. The maximum atomic E-state index is 11.9. The van der Waals surface area contributed by atoms with E-state index in [0.29, 0.717) is 17.8 Å². The van der Waals surface area contributed by atoms with Crippen molar-refractivity contribution in [3.05, 3.63) is 54.6 Å². The van der Waals surface area contributed by atoms with Gasteiger partial charge in [0.1, 0.15) is 0 Å². The maximum absolute atomic E-state index is 11.9. The third kappa shape index (κ3) is 4.24. The maximum Gasteiger partial charge on any atom is 0.253 e. The fourth-order valence-electron chi connectivity index (χ4n) is 1.94. The molecule has 0 saturated heterocycles. The molecule has 0 radical (unpaired) electrons. The number of nitrogens with two attached hydrogens (primary N) is 1. The van der Waals surface area contributed by atoms with E-state index in [2.05, 4.69) is 18.1 Å². The van der Waals surface area contributed by atoms with E-state index in [0.717, 1.165) is 18.7 Å². The SMILES string of the molecule is C=CCN(CC=C)Cc1ccc(C(=O)N(C)C)cc1N. The molecule has 20 heavy (non-hydrogen) atoms. The first-order valence-corrected chi connectivity index (χ1v) is 6.53. The van der Waals surface area contributed by atoms with Crippen molar-refractivity contribution in [3.8, 4) is 0 Å². The number of carbonyl (C=O) groups is 1. The summed E-state index contributed by atoms with van der Waals surface area (Å²) in [6.45, 7) is 9.74. The first-order valence-electron chi connectivity index (χ1n) is 6.53. The second kappa shape index (κ2) is 7.50. The van der Waals surface area contributed by atoms with Crippen molar-refractivity contribution >= 4 is 11.6 Å². The highest BCUT2D eigenvalue weighted by Crippen LogP contribution is 2.17. The molecule has 0 fully saturated rings. The Balaban J connectivity index is 2.89. The second-order valence-electron chi connectivity index (χ2n) is 4.88. The number of amides is 1. The van der Waals surface area contributed by atoms with E-state index in [-0.39, 0.29) is 5.91 Å². The Kier molecular flexibility index (Phi) is 6.00. The van der Waals surface area contributed by atoms with Crippen molar-refractivity contribution < 1.29 is 4.79 Å². The van der Waals surface area contributed by atoms with Crippen molar-refractivity contribution in [2.24, 2.45) is 0 Å². The smallest absolute Gasteiger partial charge is 0.253 e. The minimum Gasteiger partial charge on any atom is -0.398 e. The lowest BCUT2D eigenvalue weighted by Gasteiger charge is -2.20. The van der Waals surface area contributed by atoms with E-state index in [1.165, 1.54) is 4.90 Å². The number of carbonyl (C=O) groups excluding carboxylic acids is 1. The van der Waals surface area contributed by atoms with Crippen LogP contribution in [-0.4, -0.2) is 42.9 Å². The monoisotopic (exact) mass is 273 g/mol. The van der Waals surface area contributed by atoms with Crippen molar-refractivity contribution in [3.63, 3.8) is 0 Å². The zero-order chi connectivity index (χ0) is 15.1. The third-order valence-electron chi connectivity index (χ3n) is 2.97. The average molecular weight is 273 g/mol. The molecule has 0 aliphatic carbocycles. The highest BCUT2D eigenvalue weighted by Gasteiger charge is 2.11. The Morgan fingerprint density at radius 3 is 2.30 bits per heavy atom. The normalized spacial score (nSPS) is 10.3. The van der Waals surface area contributed by atoms with Gasteiger partial charge in [-0.25, -0.2) is 0 Å². The minimum atomic E-state index is -0.0442. The second-order valence-corrected chi connectivity index (χ2v) is 4.88. The van der Waals surface area contributed by atoms with E-state index < -0.39 is 0 Å². The van der Waals surface area contributed by atoms with E-state index in [9.17, 15) is 4.79 Å². The van der Waals surface area contributed by atoms with Gasteiger partial charge >= 0.3 is 0 Å². The van der Waals surface area contributed by atoms with Crippen LogP contribution in [0.3, 0.4) is 0 Å². The fourth-order valence-corrected chi connectivity index (χ4v) is 1.94. The zero-order valence-electron chi connectivity index (χ0n) is 12.3. The summed E-state index contributed by atoms with van der Waals surface area (Å²) in [6.07, 6.45) is 3.70. The number of hydrogen-bond acceptors (Lipinski definition) is 3. The molecule has 4 heteroatoms. The van der Waals surface area contributed by atoms with Gasteiger partial charge in [0.05, 0.1) is 0 Å². The lowest BCUT2D eigenvalue weighted by atomic mass is 10.1. The lowest BCUT2D eigenvalue weighted by molar-refractivity contribution is 0.0827. The average Bonchev–Trinajstić information content (AvgIpc) is 2.40. The standard InChI is InChI=1S/C16H23N3O/c1-5-9-19(10-6-2)12-14-8-7-13(11-15(14)17)16(20)18(3)4/h5-8,11H,1-2,9-10,12,17H2,3-4H3. The molecule has 108 valence electrons. The topological polar surface area (TPSA) is 49.6 Å². The van der Waals surface area contributed by atoms with Gasteiger partial charge in [0.25, 0.3) is 5.91 Å². The molecule has 1 aromatic rings. The van der Waals surface area contributed by atoms with Crippen LogP contribution in [0.4, 0.5) is 5.69 Å². The molecule has 0 saturated carbocycles. The van der Waals surface area contributed by atoms with Crippen LogP contribution in [0.5, 0.6) is 0 Å². The fraction of sp³-hybridized carbons (Fsp3) is 0.312. The molecule has 0 bridgehead atoms. The predicted molar refractivity (Wildman–Crippen MR) is 84.5 cm³/mol. The number of rotatable bonds is 7. The minimum absolute atomic E-state index is 0.0442. The van der Waals surface area contributed by atoms with Crippen LogP contribution in [0.2, 0.25) is 0 Å². The number of anilines is 1. The van der Waals surface area contributed by atoms with Gasteiger partial charge in [-0.3, -0.25) is 9.69 Å². The first-order chi connectivity index (χ1) is 9.49. The summed E-state index contributed by atoms with van der Waals surface area (Å²) in [5.41, 5.74) is 8.30. The van der Waals surface area contributed by atoms with E-state index in [4.69, 9.17) is 5.73 Å². The summed E-state index contributed by atoms with van der Waals surface area (Å²) in [4.78, 5) is 15.6. The van der Waals surface area contributed by atoms with Gasteiger partial charge in [-0.15, -0.1) is 13.2 Å². The van der Waals surface area contributed by atoms with E-state index in [1.807, 2.05) is 24.3 Å². The van der Waals surface area contributed by atoms with Crippen molar-refractivity contribution in [2.45, 2.75) is 6.54 Å². The Labute approximate surface area is 121 Å². The van der Waals surface area contributed by atoms with Crippen LogP contribution < -0.4 is 5.73 Å². The van der Waals surface area contributed by atoms with Gasteiger partial charge in [-0.2, -0.15) is 0 Å². The molecule has 0 unspecified atom stereocenters. The van der Waals surface area contributed by atoms with Crippen LogP contribution in [-0.2, 0) is 6.54 Å². The Hall–Kier alpha value is -2.07. The molecule has 1 aromatic carbocycles. The Bertz CT molecular complexity index is 484. The molecular weight excluding hydrogens is 250 g/mol. The Morgan fingerprint density at radius 2 is 1.85 bits per heavy atom. The van der Waals surface area contributed by atoms with E-state index >= 15 is 0 Å². The Morgan fingerprint density at radius 1 is 1.25 bits per heavy atom. The number of benzene rings is 1. The molecular formula is C16H23N3O. The van der Waals surface area contributed by atoms with E-state index in [1.54, 1.807) is 20.2 Å². The summed E-state index contributed by atoms with van der Waals surface area (Å²) in [5.74, 6) is -0.0442. The highest BCUT2D eigenvalue weighted by molar-refractivity contribution is 5.94. The molecule has 0 heterocycles. The molecule has 0 aliphatic rings. The summed E-state index contributed by atoms with van der Waals surface area (Å²) in [5, 5.41) is 0. The van der Waals surface area contributed by atoms with Crippen LogP contribution >= 0.6 is 0 Å². The van der Waals surface area contributed by atoms with Crippen molar-refractivity contribution in [2.75, 3.05) is 32.9 Å². The summed E-state index contributed by atoms with van der Waals surface area (Å²) in [7, 11) is 3.45. The molecule has 1 rings (SSSR count). The van der Waals surface area contributed by atoms with Gasteiger partial charge in [0.15, 0.2) is 0 Å². The predicted octanol–water partition coefficient (Wildman–Crippen LogP) is 2.14. The first kappa shape index (κ1) is 16.0. The molecule has 0 aliphatic heterocycles. The molecule has 4 nitrogen and oxygen atoms in total. The van der Waals surface area contributed by atoms with Crippen LogP contribution in [0.15, 0.2) is 43.5 Å². The quantitative estimate of drug-likeness (QED) is 0.611. The number of hydrogen-bond donors (Lipinski definition) is 1. The van der Waals surface area contributed by atoms with Crippen LogP contribution in [0.25, 0.3) is 0 Å². The van der Waals surface area contributed by atoms with Crippen molar-refractivity contribution in [1.29, 1.82) is 0 Å². The lowest BCUT2D eigenvalue weighted by Crippen LogP contribution is -2.24. The largest absolute Gasteiger partial charge is 0.398 e. The third-order valence-corrected chi connectivity index (χ3v) is 2.97. The van der Waals surface area contributed by atoms with Crippen LogP contribution in [0.1, 0.15) is 15.9 Å². The molecule has 2 N–H and O–H groups in total. The summed E-state index contributed by atoms with van der Waals surface area (Å²) >= 11 is 0. The van der Waals surface area contributed by atoms with Gasteiger partial charge in [-0.1, -0.05) is 18.2 Å². The van der Waals surface area contributed by atoms with Gasteiger partial charge in [-0.05, 0) is 17.7 Å². The van der Waals surface area contributed by atoms with Gasteiger partial charge < -0.3 is 10.6 Å². The number of nitrogen functional groups attached to an aromatic ring is 1. The van der Waals surface area contributed by atoms with Crippen molar-refractivity contribution in [1.82, 2.24) is 9.80 Å². The molecule has 0 aromatic heterocycles. The summed E-state index contributed by atoms with van der Waals surface area (Å²) in [6, 6.07) is 5.46. The number of nitrogens with zero attached hydrogens (tertiary/aromatic N) is 2. The zero-order valence-corrected chi connectivity index (χ0v) is 12.3.